The van der Waals surface area contributed by atoms with E-state index in [9.17, 15) is 4.79 Å². The number of nitrogens with zero attached hydrogens (tertiary/aromatic N) is 3. The average Bonchev–Trinajstić information content (AvgIpc) is 3.19. The number of nitriles is 1. The summed E-state index contributed by atoms with van der Waals surface area (Å²) in [6.45, 7) is 0.652. The molecule has 1 aliphatic rings. The first-order valence-corrected chi connectivity index (χ1v) is 9.10. The van der Waals surface area contributed by atoms with E-state index in [4.69, 9.17) is 10.00 Å². The number of amides is 1. The van der Waals surface area contributed by atoms with Gasteiger partial charge in [-0.05, 0) is 47.4 Å². The van der Waals surface area contributed by atoms with Crippen molar-refractivity contribution in [1.82, 2.24) is 4.98 Å². The predicted molar refractivity (Wildman–Crippen MR) is 107 cm³/mol. The maximum Gasteiger partial charge on any atom is 0.231 e. The molecule has 5 heteroatoms. The summed E-state index contributed by atoms with van der Waals surface area (Å²) in [5, 5.41) is 8.99. The topological polar surface area (TPSA) is 66.2 Å². The van der Waals surface area contributed by atoms with Gasteiger partial charge in [-0.15, -0.1) is 0 Å². The van der Waals surface area contributed by atoms with Gasteiger partial charge >= 0.3 is 0 Å². The Morgan fingerprint density at radius 3 is 2.57 bits per heavy atom. The molecule has 0 atom stereocenters. The summed E-state index contributed by atoms with van der Waals surface area (Å²) in [5.74, 6) is 0.835. The van der Waals surface area contributed by atoms with E-state index < -0.39 is 0 Å². The van der Waals surface area contributed by atoms with Crippen molar-refractivity contribution in [1.29, 1.82) is 5.26 Å². The van der Waals surface area contributed by atoms with Crippen LogP contribution < -0.4 is 9.64 Å². The molecule has 1 amide bonds. The summed E-state index contributed by atoms with van der Waals surface area (Å²) in [5.41, 5.74) is 5.61. The molecule has 0 bridgehead atoms. The molecule has 3 aromatic rings. The van der Waals surface area contributed by atoms with Crippen LogP contribution in [0.2, 0.25) is 0 Å². The minimum atomic E-state index is 0.0581. The van der Waals surface area contributed by atoms with Crippen molar-refractivity contribution in [3.8, 4) is 22.9 Å². The molecule has 0 spiro atoms. The van der Waals surface area contributed by atoms with E-state index in [1.165, 1.54) is 0 Å². The molecule has 2 aromatic carbocycles. The van der Waals surface area contributed by atoms with Gasteiger partial charge in [0.1, 0.15) is 5.75 Å². The van der Waals surface area contributed by atoms with E-state index in [1.807, 2.05) is 47.5 Å². The molecule has 0 unspecified atom stereocenters. The van der Waals surface area contributed by atoms with E-state index in [0.717, 1.165) is 40.1 Å². The summed E-state index contributed by atoms with van der Waals surface area (Å²) in [4.78, 5) is 19.1. The van der Waals surface area contributed by atoms with Gasteiger partial charge in [0.25, 0.3) is 0 Å². The lowest BCUT2D eigenvalue weighted by Crippen LogP contribution is -2.30. The SMILES string of the molecule is COc1ccc(CC(=O)N2CCc3c(-c4ccc(C#N)cc4)cncc32)cc1. The summed E-state index contributed by atoms with van der Waals surface area (Å²) in [6.07, 6.45) is 4.73. The quantitative estimate of drug-likeness (QED) is 0.702. The summed E-state index contributed by atoms with van der Waals surface area (Å²) in [6, 6.07) is 17.2. The Hall–Kier alpha value is -3.65. The maximum atomic E-state index is 12.9. The second-order valence-electron chi connectivity index (χ2n) is 6.69. The lowest BCUT2D eigenvalue weighted by molar-refractivity contribution is -0.117. The van der Waals surface area contributed by atoms with Gasteiger partial charge in [0.15, 0.2) is 0 Å². The largest absolute Gasteiger partial charge is 0.497 e. The van der Waals surface area contributed by atoms with Crippen molar-refractivity contribution < 1.29 is 9.53 Å². The summed E-state index contributed by atoms with van der Waals surface area (Å²) in [7, 11) is 1.62. The Morgan fingerprint density at radius 1 is 1.14 bits per heavy atom. The van der Waals surface area contributed by atoms with Crippen LogP contribution in [0.25, 0.3) is 11.1 Å². The van der Waals surface area contributed by atoms with Crippen LogP contribution in [0.1, 0.15) is 16.7 Å². The third-order valence-electron chi connectivity index (χ3n) is 5.05. The summed E-state index contributed by atoms with van der Waals surface area (Å²) < 4.78 is 5.17. The Labute approximate surface area is 163 Å². The fourth-order valence-corrected chi connectivity index (χ4v) is 3.56. The number of hydrogen-bond donors (Lipinski definition) is 0. The summed E-state index contributed by atoms with van der Waals surface area (Å²) >= 11 is 0. The first-order chi connectivity index (χ1) is 13.7. The van der Waals surface area contributed by atoms with Crippen molar-refractivity contribution in [3.05, 3.63) is 77.6 Å². The molecule has 0 saturated heterocycles. The highest BCUT2D eigenvalue weighted by molar-refractivity contribution is 5.97. The van der Waals surface area contributed by atoms with E-state index in [2.05, 4.69) is 11.1 Å². The number of carbonyl (C=O) groups is 1. The monoisotopic (exact) mass is 369 g/mol. The van der Waals surface area contributed by atoms with Gasteiger partial charge in [-0.2, -0.15) is 5.26 Å². The third kappa shape index (κ3) is 3.33. The number of methoxy groups -OCH3 is 1. The molecule has 2 heterocycles. The molecule has 1 aliphatic heterocycles. The normalized spacial score (nSPS) is 12.4. The first kappa shape index (κ1) is 17.7. The average molecular weight is 369 g/mol. The fourth-order valence-electron chi connectivity index (χ4n) is 3.56. The smallest absolute Gasteiger partial charge is 0.231 e. The minimum absolute atomic E-state index is 0.0581. The number of fused-ring (bicyclic) bond motifs is 1. The van der Waals surface area contributed by atoms with Gasteiger partial charge in [0, 0.05) is 18.3 Å². The number of carbonyl (C=O) groups excluding carboxylic acids is 1. The lowest BCUT2D eigenvalue weighted by atomic mass is 9.99. The van der Waals surface area contributed by atoms with Crippen LogP contribution in [0.4, 0.5) is 5.69 Å². The maximum absolute atomic E-state index is 12.9. The number of ether oxygens (including phenoxy) is 1. The molecule has 0 saturated carbocycles. The molecular formula is C23H19N3O2. The molecule has 28 heavy (non-hydrogen) atoms. The van der Waals surface area contributed by atoms with Gasteiger partial charge in [0.05, 0.1) is 37.0 Å². The molecule has 0 fully saturated rings. The van der Waals surface area contributed by atoms with Crippen LogP contribution in [0.5, 0.6) is 5.75 Å². The first-order valence-electron chi connectivity index (χ1n) is 9.10. The van der Waals surface area contributed by atoms with E-state index >= 15 is 0 Å². The van der Waals surface area contributed by atoms with Crippen molar-refractivity contribution >= 4 is 11.6 Å². The van der Waals surface area contributed by atoms with Crippen LogP contribution in [-0.4, -0.2) is 24.5 Å². The molecular weight excluding hydrogens is 350 g/mol. The molecule has 0 N–H and O–H groups in total. The van der Waals surface area contributed by atoms with E-state index in [-0.39, 0.29) is 5.91 Å². The Kier molecular flexibility index (Phi) is 4.77. The highest BCUT2D eigenvalue weighted by Crippen LogP contribution is 2.35. The van der Waals surface area contributed by atoms with Crippen LogP contribution in [0, 0.1) is 11.3 Å². The van der Waals surface area contributed by atoms with Crippen LogP contribution in [-0.2, 0) is 17.6 Å². The standard InChI is InChI=1S/C23H19N3O2/c1-28-19-8-4-16(5-9-19)12-23(27)26-11-10-20-21(14-25-15-22(20)26)18-6-2-17(13-24)3-7-18/h2-9,14-15H,10-12H2,1H3. The lowest BCUT2D eigenvalue weighted by Gasteiger charge is -2.17. The molecule has 0 radical (unpaired) electrons. The van der Waals surface area contributed by atoms with E-state index in [1.54, 1.807) is 25.4 Å². The number of anilines is 1. The second-order valence-corrected chi connectivity index (χ2v) is 6.69. The third-order valence-corrected chi connectivity index (χ3v) is 5.05. The van der Waals surface area contributed by atoms with Gasteiger partial charge < -0.3 is 9.64 Å². The van der Waals surface area contributed by atoms with Crippen LogP contribution in [0.15, 0.2) is 60.9 Å². The van der Waals surface area contributed by atoms with Crippen LogP contribution in [0.3, 0.4) is 0 Å². The molecule has 138 valence electrons. The number of benzene rings is 2. The van der Waals surface area contributed by atoms with Gasteiger partial charge in [-0.3, -0.25) is 9.78 Å². The molecule has 0 aliphatic carbocycles. The number of pyridine rings is 1. The van der Waals surface area contributed by atoms with Crippen molar-refractivity contribution in [2.75, 3.05) is 18.6 Å². The second kappa shape index (κ2) is 7.53. The number of aromatic nitrogens is 1. The zero-order valence-electron chi connectivity index (χ0n) is 15.6. The minimum Gasteiger partial charge on any atom is -0.497 e. The molecule has 4 rings (SSSR count). The molecule has 1 aromatic heterocycles. The van der Waals surface area contributed by atoms with E-state index in [0.29, 0.717) is 18.5 Å². The van der Waals surface area contributed by atoms with Crippen LogP contribution >= 0.6 is 0 Å². The van der Waals surface area contributed by atoms with Gasteiger partial charge in [-0.1, -0.05) is 24.3 Å². The Bertz CT molecular complexity index is 1050. The van der Waals surface area contributed by atoms with Crippen molar-refractivity contribution in [2.45, 2.75) is 12.8 Å². The predicted octanol–water partition coefficient (Wildman–Crippen LogP) is 3.76. The zero-order valence-corrected chi connectivity index (χ0v) is 15.6. The number of hydrogen-bond acceptors (Lipinski definition) is 4. The van der Waals surface area contributed by atoms with Gasteiger partial charge in [0.2, 0.25) is 5.91 Å². The van der Waals surface area contributed by atoms with Crippen molar-refractivity contribution in [2.24, 2.45) is 0 Å². The highest BCUT2D eigenvalue weighted by Gasteiger charge is 2.27. The highest BCUT2D eigenvalue weighted by atomic mass is 16.5. The Morgan fingerprint density at radius 2 is 1.89 bits per heavy atom. The number of rotatable bonds is 4. The molecule has 5 nitrogen and oxygen atoms in total. The fraction of sp³-hybridized carbons (Fsp3) is 0.174. The zero-order chi connectivity index (χ0) is 19.5. The van der Waals surface area contributed by atoms with Crippen molar-refractivity contribution in [3.63, 3.8) is 0 Å². The van der Waals surface area contributed by atoms with Gasteiger partial charge in [-0.25, -0.2) is 0 Å². The Balaban J connectivity index is 1.58.